The van der Waals surface area contributed by atoms with Crippen molar-refractivity contribution in [3.63, 3.8) is 0 Å². The lowest BCUT2D eigenvalue weighted by atomic mass is 9.89. The molecule has 1 fully saturated rings. The van der Waals surface area contributed by atoms with Crippen molar-refractivity contribution in [2.24, 2.45) is 13.0 Å². The predicted octanol–water partition coefficient (Wildman–Crippen LogP) is 3.35. The molecule has 0 radical (unpaired) electrons. The number of amides is 1. The Hall–Kier alpha value is -3.64. The third-order valence-corrected chi connectivity index (χ3v) is 7.73. The van der Waals surface area contributed by atoms with E-state index in [0.717, 1.165) is 60.6 Å². The number of carbonyl (C=O) groups excluding carboxylic acids is 1. The number of aryl methyl sites for hydroxylation is 1. The molecule has 1 aromatic carbocycles. The van der Waals surface area contributed by atoms with Crippen molar-refractivity contribution < 1.29 is 9.53 Å². The molecule has 1 amide bonds. The zero-order chi connectivity index (χ0) is 25.0. The van der Waals surface area contributed by atoms with Gasteiger partial charge in [-0.05, 0) is 36.5 Å². The first-order valence-corrected chi connectivity index (χ1v) is 12.7. The first-order chi connectivity index (χ1) is 17.4. The van der Waals surface area contributed by atoms with Gasteiger partial charge in [0.25, 0.3) is 0 Å². The van der Waals surface area contributed by atoms with E-state index < -0.39 is 0 Å². The Kier molecular flexibility index (Phi) is 5.56. The van der Waals surface area contributed by atoms with E-state index in [0.29, 0.717) is 31.2 Å². The van der Waals surface area contributed by atoms with Gasteiger partial charge in [-0.25, -0.2) is 0 Å². The number of nitrogens with zero attached hydrogens (tertiary/aromatic N) is 7. The van der Waals surface area contributed by atoms with E-state index in [1.807, 2.05) is 30.4 Å². The third-order valence-electron chi connectivity index (χ3n) is 7.73. The monoisotopic (exact) mass is 485 g/mol. The summed E-state index contributed by atoms with van der Waals surface area (Å²) in [5.74, 6) is 1.41. The fourth-order valence-electron chi connectivity index (χ4n) is 5.92. The zero-order valence-corrected chi connectivity index (χ0v) is 21.1. The molecule has 36 heavy (non-hydrogen) atoms. The second-order valence-corrected chi connectivity index (χ2v) is 10.4. The van der Waals surface area contributed by atoms with E-state index in [4.69, 9.17) is 9.84 Å². The second kappa shape index (κ2) is 8.79. The molecule has 9 nitrogen and oxygen atoms in total. The number of fused-ring (bicyclic) bond motifs is 2. The fourth-order valence-corrected chi connectivity index (χ4v) is 5.92. The summed E-state index contributed by atoms with van der Waals surface area (Å²) in [4.78, 5) is 16.5. The molecular formula is C27H31N7O2. The van der Waals surface area contributed by atoms with Crippen molar-refractivity contribution in [3.05, 3.63) is 46.9 Å². The number of nitriles is 1. The molecule has 1 unspecified atom stereocenters. The number of hydrogen-bond acceptors (Lipinski definition) is 6. The molecule has 6 rings (SSSR count). The van der Waals surface area contributed by atoms with Gasteiger partial charge in [-0.15, -0.1) is 0 Å². The molecule has 9 heteroatoms. The van der Waals surface area contributed by atoms with Gasteiger partial charge in [0, 0.05) is 74.4 Å². The molecule has 186 valence electrons. The van der Waals surface area contributed by atoms with Crippen LogP contribution in [-0.4, -0.2) is 56.7 Å². The summed E-state index contributed by atoms with van der Waals surface area (Å²) >= 11 is 0. The van der Waals surface area contributed by atoms with Gasteiger partial charge in [0.15, 0.2) is 5.82 Å². The van der Waals surface area contributed by atoms with Crippen LogP contribution in [0, 0.1) is 17.2 Å². The Balaban J connectivity index is 1.49. The van der Waals surface area contributed by atoms with Crippen LogP contribution in [0.25, 0.3) is 11.1 Å². The Morgan fingerprint density at radius 2 is 2.17 bits per heavy atom. The van der Waals surface area contributed by atoms with Gasteiger partial charge < -0.3 is 14.5 Å². The highest BCUT2D eigenvalue weighted by Gasteiger charge is 2.35. The largest absolute Gasteiger partial charge is 0.379 e. The number of aromatic nitrogens is 4. The van der Waals surface area contributed by atoms with Crippen LogP contribution >= 0.6 is 0 Å². The maximum atomic E-state index is 12.3. The van der Waals surface area contributed by atoms with E-state index in [2.05, 4.69) is 33.7 Å². The van der Waals surface area contributed by atoms with Gasteiger partial charge in [0.05, 0.1) is 37.0 Å². The number of ether oxygens (including phenoxy) is 1. The Morgan fingerprint density at radius 3 is 2.86 bits per heavy atom. The second-order valence-electron chi connectivity index (χ2n) is 10.4. The van der Waals surface area contributed by atoms with Crippen molar-refractivity contribution in [1.29, 1.82) is 5.26 Å². The maximum absolute atomic E-state index is 12.3. The van der Waals surface area contributed by atoms with Gasteiger partial charge in [-0.2, -0.15) is 15.5 Å². The van der Waals surface area contributed by atoms with Crippen LogP contribution in [0.15, 0.2) is 24.5 Å². The van der Waals surface area contributed by atoms with Crippen LogP contribution in [0.3, 0.4) is 0 Å². The fraction of sp³-hybridized carbons (Fsp3) is 0.481. The van der Waals surface area contributed by atoms with Gasteiger partial charge in [-0.1, -0.05) is 6.92 Å². The molecule has 1 saturated heterocycles. The van der Waals surface area contributed by atoms with Crippen LogP contribution in [0.2, 0.25) is 0 Å². The average Bonchev–Trinajstić information content (AvgIpc) is 3.62. The van der Waals surface area contributed by atoms with Crippen molar-refractivity contribution in [2.75, 3.05) is 31.2 Å². The van der Waals surface area contributed by atoms with Gasteiger partial charge in [0.1, 0.15) is 0 Å². The summed E-state index contributed by atoms with van der Waals surface area (Å²) in [6, 6.07) is 6.80. The van der Waals surface area contributed by atoms with Gasteiger partial charge in [-0.3, -0.25) is 14.2 Å². The molecule has 0 N–H and O–H groups in total. The normalized spacial score (nSPS) is 21.3. The van der Waals surface area contributed by atoms with Crippen molar-refractivity contribution in [3.8, 4) is 17.2 Å². The van der Waals surface area contributed by atoms with Crippen LogP contribution in [-0.2, 0) is 36.0 Å². The highest BCUT2D eigenvalue weighted by molar-refractivity contribution is 5.79. The lowest BCUT2D eigenvalue weighted by Gasteiger charge is -2.35. The number of carbonyl (C=O) groups is 1. The Morgan fingerprint density at radius 1 is 1.31 bits per heavy atom. The predicted molar refractivity (Wildman–Crippen MR) is 135 cm³/mol. The number of benzene rings is 1. The van der Waals surface area contributed by atoms with Gasteiger partial charge >= 0.3 is 0 Å². The zero-order valence-electron chi connectivity index (χ0n) is 21.1. The minimum Gasteiger partial charge on any atom is -0.379 e. The average molecular weight is 486 g/mol. The quantitative estimate of drug-likeness (QED) is 0.565. The molecule has 2 aromatic heterocycles. The Labute approximate surface area is 210 Å². The smallest absolute Gasteiger partial charge is 0.219 e. The molecule has 0 saturated carbocycles. The van der Waals surface area contributed by atoms with E-state index in [9.17, 15) is 10.1 Å². The maximum Gasteiger partial charge on any atom is 0.219 e. The van der Waals surface area contributed by atoms with Crippen LogP contribution in [0.5, 0.6) is 0 Å². The van der Waals surface area contributed by atoms with Crippen molar-refractivity contribution in [1.82, 2.24) is 24.5 Å². The Bertz CT molecular complexity index is 1380. The summed E-state index contributed by atoms with van der Waals surface area (Å²) in [5, 5.41) is 19.6. The molecule has 3 aromatic rings. The van der Waals surface area contributed by atoms with E-state index in [-0.39, 0.29) is 11.9 Å². The molecular weight excluding hydrogens is 454 g/mol. The lowest BCUT2D eigenvalue weighted by molar-refractivity contribution is -0.129. The highest BCUT2D eigenvalue weighted by Crippen LogP contribution is 2.42. The minimum absolute atomic E-state index is 0.0869. The topological polar surface area (TPSA) is 92.2 Å². The molecule has 5 heterocycles. The minimum atomic E-state index is 0.0869. The number of rotatable bonds is 3. The summed E-state index contributed by atoms with van der Waals surface area (Å²) in [6.07, 6.45) is 6.43. The first-order valence-electron chi connectivity index (χ1n) is 12.7. The summed E-state index contributed by atoms with van der Waals surface area (Å²) < 4.78 is 9.63. The van der Waals surface area contributed by atoms with Crippen LogP contribution in [0.1, 0.15) is 48.7 Å². The summed E-state index contributed by atoms with van der Waals surface area (Å²) in [5.41, 5.74) is 7.07. The molecule has 2 atom stereocenters. The molecule has 0 spiro atoms. The summed E-state index contributed by atoms with van der Waals surface area (Å²) in [7, 11) is 1.89. The first kappa shape index (κ1) is 22.8. The van der Waals surface area contributed by atoms with E-state index >= 15 is 0 Å². The number of hydrogen-bond donors (Lipinski definition) is 0. The third kappa shape index (κ3) is 3.77. The standard InChI is InChI=1S/C27H31N7O2/c1-17-8-19-9-23(21-12-29-31(3)14-21)20(11-28)10-26(19)33(13-17)27-24-15-32(18(2)35)6-4-25(24)34(30-27)22-5-7-36-16-22/h9-10,12,14,17,22H,4-8,13,15-16H2,1-3H3/t17?,22-/m0/s1. The van der Waals surface area contributed by atoms with Crippen molar-refractivity contribution in [2.45, 2.75) is 45.7 Å². The molecule has 0 bridgehead atoms. The SMILES string of the molecule is CC(=O)N1CCc2c(c(N3CC(C)Cc4cc(-c5cnn(C)c5)c(C#N)cc43)nn2[C@H]2CCOC2)C1. The lowest BCUT2D eigenvalue weighted by Crippen LogP contribution is -2.36. The number of anilines is 2. The van der Waals surface area contributed by atoms with Crippen LogP contribution in [0.4, 0.5) is 11.5 Å². The van der Waals surface area contributed by atoms with Crippen LogP contribution < -0.4 is 4.90 Å². The highest BCUT2D eigenvalue weighted by atomic mass is 16.5. The molecule has 0 aliphatic carbocycles. The molecule has 3 aliphatic heterocycles. The van der Waals surface area contributed by atoms with E-state index in [1.165, 1.54) is 11.3 Å². The van der Waals surface area contributed by atoms with Crippen molar-refractivity contribution >= 4 is 17.4 Å². The summed E-state index contributed by atoms with van der Waals surface area (Å²) in [6.45, 7) is 7.40. The molecule has 3 aliphatic rings. The van der Waals surface area contributed by atoms with E-state index in [1.54, 1.807) is 11.6 Å². The van der Waals surface area contributed by atoms with Gasteiger partial charge in [0.2, 0.25) is 5.91 Å².